The van der Waals surface area contributed by atoms with Gasteiger partial charge in [0.05, 0.1) is 19.8 Å². The Morgan fingerprint density at radius 2 is 2.14 bits per heavy atom. The van der Waals surface area contributed by atoms with Crippen LogP contribution >= 0.6 is 0 Å². The minimum absolute atomic E-state index is 0.0690. The second-order valence-electron chi connectivity index (χ2n) is 7.26. The maximum atomic E-state index is 12.7. The van der Waals surface area contributed by atoms with Crippen molar-refractivity contribution in [3.8, 4) is 11.5 Å². The lowest BCUT2D eigenvalue weighted by Crippen LogP contribution is -2.24. The van der Waals surface area contributed by atoms with Crippen LogP contribution in [0.1, 0.15) is 35.0 Å². The van der Waals surface area contributed by atoms with Crippen LogP contribution in [0.15, 0.2) is 42.5 Å². The number of amides is 1. The fourth-order valence-corrected chi connectivity index (χ4v) is 3.46. The lowest BCUT2D eigenvalue weighted by Gasteiger charge is -2.16. The molecule has 1 aliphatic rings. The van der Waals surface area contributed by atoms with E-state index in [4.69, 9.17) is 14.2 Å². The number of rotatable bonds is 7. The SMILES string of the molecule is CCOc1ccc2cc(C(=O)NCc3ccc(C)cc3OC3CCOC3)[nH]c2c1. The Morgan fingerprint density at radius 3 is 2.93 bits per heavy atom. The van der Waals surface area contributed by atoms with Gasteiger partial charge in [-0.1, -0.05) is 12.1 Å². The van der Waals surface area contributed by atoms with Crippen molar-refractivity contribution in [2.24, 2.45) is 0 Å². The van der Waals surface area contributed by atoms with Gasteiger partial charge in [-0.2, -0.15) is 0 Å². The van der Waals surface area contributed by atoms with Crippen LogP contribution in [0.25, 0.3) is 10.9 Å². The van der Waals surface area contributed by atoms with Crippen LogP contribution in [0.4, 0.5) is 0 Å². The molecule has 1 aliphatic heterocycles. The maximum absolute atomic E-state index is 12.7. The molecule has 3 aromatic rings. The number of aryl methyl sites for hydroxylation is 1. The third-order valence-electron chi connectivity index (χ3n) is 4.99. The zero-order valence-electron chi connectivity index (χ0n) is 16.8. The number of hydrogen-bond donors (Lipinski definition) is 2. The summed E-state index contributed by atoms with van der Waals surface area (Å²) in [5, 5.41) is 3.96. The number of aromatic amines is 1. The molecule has 2 N–H and O–H groups in total. The van der Waals surface area contributed by atoms with Gasteiger partial charge in [0, 0.05) is 35.5 Å². The number of H-pyrrole nitrogens is 1. The quantitative estimate of drug-likeness (QED) is 0.636. The topological polar surface area (TPSA) is 72.6 Å². The Balaban J connectivity index is 1.46. The summed E-state index contributed by atoms with van der Waals surface area (Å²) in [6.45, 7) is 6.31. The number of aromatic nitrogens is 1. The van der Waals surface area contributed by atoms with Gasteiger partial charge in [-0.15, -0.1) is 0 Å². The molecular formula is C23H26N2O4. The van der Waals surface area contributed by atoms with Gasteiger partial charge in [0.2, 0.25) is 0 Å². The number of nitrogens with one attached hydrogen (secondary N) is 2. The van der Waals surface area contributed by atoms with Gasteiger partial charge in [0.25, 0.3) is 5.91 Å². The number of ether oxygens (including phenoxy) is 3. The van der Waals surface area contributed by atoms with E-state index in [1.165, 1.54) is 0 Å². The van der Waals surface area contributed by atoms with Crippen LogP contribution in [0.2, 0.25) is 0 Å². The van der Waals surface area contributed by atoms with Gasteiger partial charge in [-0.25, -0.2) is 0 Å². The maximum Gasteiger partial charge on any atom is 0.267 e. The van der Waals surface area contributed by atoms with E-state index < -0.39 is 0 Å². The van der Waals surface area contributed by atoms with Crippen molar-refractivity contribution in [1.29, 1.82) is 0 Å². The van der Waals surface area contributed by atoms with E-state index in [2.05, 4.69) is 10.3 Å². The van der Waals surface area contributed by atoms with Crippen molar-refractivity contribution in [1.82, 2.24) is 10.3 Å². The summed E-state index contributed by atoms with van der Waals surface area (Å²) in [5.74, 6) is 1.43. The summed E-state index contributed by atoms with van der Waals surface area (Å²) < 4.78 is 17.0. The van der Waals surface area contributed by atoms with E-state index in [1.807, 2.05) is 56.3 Å². The second kappa shape index (κ2) is 8.57. The number of hydrogen-bond acceptors (Lipinski definition) is 4. The summed E-state index contributed by atoms with van der Waals surface area (Å²) in [6.07, 6.45) is 0.956. The summed E-state index contributed by atoms with van der Waals surface area (Å²) in [7, 11) is 0. The molecule has 4 rings (SSSR count). The Bertz CT molecular complexity index is 1010. The summed E-state index contributed by atoms with van der Waals surface area (Å²) in [6, 6.07) is 13.7. The van der Waals surface area contributed by atoms with Crippen molar-refractivity contribution in [2.75, 3.05) is 19.8 Å². The molecule has 2 heterocycles. The minimum atomic E-state index is -0.158. The number of benzene rings is 2. The molecule has 1 atom stereocenters. The Kier molecular flexibility index (Phi) is 5.71. The Morgan fingerprint density at radius 1 is 1.24 bits per heavy atom. The highest BCUT2D eigenvalue weighted by Gasteiger charge is 2.19. The fraction of sp³-hybridized carbons (Fsp3) is 0.348. The normalized spacial score (nSPS) is 16.1. The van der Waals surface area contributed by atoms with Crippen LogP contribution in [0, 0.1) is 6.92 Å². The molecule has 0 radical (unpaired) electrons. The molecule has 1 unspecified atom stereocenters. The van der Waals surface area contributed by atoms with E-state index in [0.717, 1.165) is 46.6 Å². The molecule has 0 spiro atoms. The molecule has 0 aliphatic carbocycles. The van der Waals surface area contributed by atoms with Crippen molar-refractivity contribution >= 4 is 16.8 Å². The van der Waals surface area contributed by atoms with Crippen molar-refractivity contribution in [3.05, 3.63) is 59.3 Å². The third-order valence-corrected chi connectivity index (χ3v) is 4.99. The summed E-state index contributed by atoms with van der Waals surface area (Å²) in [5.41, 5.74) is 3.47. The first-order chi connectivity index (χ1) is 14.1. The van der Waals surface area contributed by atoms with Crippen molar-refractivity contribution in [2.45, 2.75) is 32.9 Å². The Hall–Kier alpha value is -2.99. The highest BCUT2D eigenvalue weighted by molar-refractivity contribution is 5.98. The van der Waals surface area contributed by atoms with Crippen LogP contribution < -0.4 is 14.8 Å². The van der Waals surface area contributed by atoms with Gasteiger partial charge in [0.15, 0.2) is 0 Å². The van der Waals surface area contributed by atoms with Gasteiger partial charge >= 0.3 is 0 Å². The smallest absolute Gasteiger partial charge is 0.267 e. The molecule has 152 valence electrons. The second-order valence-corrected chi connectivity index (χ2v) is 7.26. The molecule has 1 aromatic heterocycles. The summed E-state index contributed by atoms with van der Waals surface area (Å²) >= 11 is 0. The van der Waals surface area contributed by atoms with Crippen LogP contribution in [-0.2, 0) is 11.3 Å². The molecule has 6 nitrogen and oxygen atoms in total. The first-order valence-corrected chi connectivity index (χ1v) is 10.00. The van der Waals surface area contributed by atoms with Gasteiger partial charge in [0.1, 0.15) is 23.3 Å². The molecule has 29 heavy (non-hydrogen) atoms. The van der Waals surface area contributed by atoms with Gasteiger partial charge in [-0.05, 0) is 43.7 Å². The molecule has 0 bridgehead atoms. The number of carbonyl (C=O) groups excluding carboxylic acids is 1. The molecule has 1 fully saturated rings. The zero-order chi connectivity index (χ0) is 20.2. The molecule has 1 amide bonds. The number of carbonyl (C=O) groups is 1. The fourth-order valence-electron chi connectivity index (χ4n) is 3.46. The molecular weight excluding hydrogens is 368 g/mol. The zero-order valence-corrected chi connectivity index (χ0v) is 16.8. The molecule has 2 aromatic carbocycles. The van der Waals surface area contributed by atoms with E-state index in [1.54, 1.807) is 0 Å². The van der Waals surface area contributed by atoms with Gasteiger partial charge in [-0.3, -0.25) is 4.79 Å². The Labute approximate surface area is 170 Å². The van der Waals surface area contributed by atoms with Crippen LogP contribution in [-0.4, -0.2) is 36.8 Å². The van der Waals surface area contributed by atoms with E-state index in [0.29, 0.717) is 25.5 Å². The van der Waals surface area contributed by atoms with Crippen LogP contribution in [0.5, 0.6) is 11.5 Å². The monoisotopic (exact) mass is 394 g/mol. The van der Waals surface area contributed by atoms with E-state index >= 15 is 0 Å². The van der Waals surface area contributed by atoms with Crippen molar-refractivity contribution in [3.63, 3.8) is 0 Å². The minimum Gasteiger partial charge on any atom is -0.494 e. The van der Waals surface area contributed by atoms with Gasteiger partial charge < -0.3 is 24.5 Å². The van der Waals surface area contributed by atoms with Crippen LogP contribution in [0.3, 0.4) is 0 Å². The number of fused-ring (bicyclic) bond motifs is 1. The first kappa shape index (κ1) is 19.3. The first-order valence-electron chi connectivity index (χ1n) is 10.00. The van der Waals surface area contributed by atoms with E-state index in [9.17, 15) is 4.79 Å². The predicted molar refractivity (Wildman–Crippen MR) is 112 cm³/mol. The lowest BCUT2D eigenvalue weighted by molar-refractivity contribution is 0.0946. The highest BCUT2D eigenvalue weighted by Crippen LogP contribution is 2.25. The third kappa shape index (κ3) is 4.54. The average Bonchev–Trinajstić information content (AvgIpc) is 3.36. The van der Waals surface area contributed by atoms with E-state index in [-0.39, 0.29) is 12.0 Å². The lowest BCUT2D eigenvalue weighted by atomic mass is 10.1. The molecule has 6 heteroatoms. The highest BCUT2D eigenvalue weighted by atomic mass is 16.5. The largest absolute Gasteiger partial charge is 0.494 e. The summed E-state index contributed by atoms with van der Waals surface area (Å²) in [4.78, 5) is 15.9. The molecule has 1 saturated heterocycles. The predicted octanol–water partition coefficient (Wildman–Crippen LogP) is 3.97. The molecule has 0 saturated carbocycles. The standard InChI is InChI=1S/C23H26N2O4/c1-3-28-18-7-6-16-11-21(25-20(16)12-18)23(26)24-13-17-5-4-15(2)10-22(17)29-19-8-9-27-14-19/h4-7,10-12,19,25H,3,8-9,13-14H2,1-2H3,(H,24,26). The average molecular weight is 394 g/mol. The van der Waals surface area contributed by atoms with Crippen molar-refractivity contribution < 1.29 is 19.0 Å².